The first kappa shape index (κ1) is 32.9. The summed E-state index contributed by atoms with van der Waals surface area (Å²) in [5.74, 6) is -2.53. The van der Waals surface area contributed by atoms with Crippen LogP contribution in [-0.2, 0) is 21.9 Å². The second-order valence-corrected chi connectivity index (χ2v) is 11.7. The maximum atomic E-state index is 13.8. The fourth-order valence-electron chi connectivity index (χ4n) is 5.19. The Morgan fingerprint density at radius 2 is 1.38 bits per heavy atom. The van der Waals surface area contributed by atoms with Crippen LogP contribution < -0.4 is 9.64 Å². The lowest BCUT2D eigenvalue weighted by molar-refractivity contribution is -0.146. The van der Waals surface area contributed by atoms with Crippen LogP contribution in [0.15, 0.2) is 70.5 Å². The molecule has 0 spiro atoms. The van der Waals surface area contributed by atoms with Crippen LogP contribution in [0.25, 0.3) is 0 Å². The van der Waals surface area contributed by atoms with Gasteiger partial charge in [0.1, 0.15) is 6.61 Å². The number of fused-ring (bicyclic) bond motifs is 2. The smallest absolute Gasteiger partial charge is 0.416 e. The summed E-state index contributed by atoms with van der Waals surface area (Å²) in [7, 11) is 0. The molecule has 0 atom stereocenters. The fraction of sp³-hybridized carbons (Fsp3) is 0.387. The van der Waals surface area contributed by atoms with Crippen molar-refractivity contribution >= 4 is 29.1 Å². The third-order valence-corrected chi connectivity index (χ3v) is 8.68. The van der Waals surface area contributed by atoms with E-state index in [1.54, 1.807) is 0 Å². The fourth-order valence-corrected chi connectivity index (χ4v) is 6.27. The molecule has 242 valence electrons. The predicted octanol–water partition coefficient (Wildman–Crippen LogP) is 7.10. The summed E-state index contributed by atoms with van der Waals surface area (Å²) in [5.41, 5.74) is -0.324. The number of halogens is 7. The molecule has 0 bridgehead atoms. The number of hydrogen-bond acceptors (Lipinski definition) is 7. The van der Waals surface area contributed by atoms with Gasteiger partial charge in [0, 0.05) is 49.1 Å². The standard InChI is InChI=1S/C31H30F7N3O3S/c32-23-8-6-22(31(36,37)38)19-26(23)44-20-29(42)43-17-16-40-14-12-39(13-15-40)10-3-11-41-24-4-1-2-5-27(24)45-28-9-7-21(18-25(28)41)30(33,34)35/h1-2,4-9,18-19H,3,10-17,20H2. The average molecular weight is 658 g/mol. The Morgan fingerprint density at radius 3 is 2.09 bits per heavy atom. The van der Waals surface area contributed by atoms with Crippen molar-refractivity contribution in [1.82, 2.24) is 9.80 Å². The van der Waals surface area contributed by atoms with E-state index in [2.05, 4.69) is 9.80 Å². The van der Waals surface area contributed by atoms with Gasteiger partial charge in [0.15, 0.2) is 18.2 Å². The molecular formula is C31H30F7N3O3S. The number of esters is 1. The molecule has 1 saturated heterocycles. The van der Waals surface area contributed by atoms with E-state index in [0.29, 0.717) is 50.1 Å². The first-order valence-corrected chi connectivity index (χ1v) is 15.1. The van der Waals surface area contributed by atoms with Gasteiger partial charge in [0.25, 0.3) is 0 Å². The molecule has 0 N–H and O–H groups in total. The maximum Gasteiger partial charge on any atom is 0.416 e. The normalized spacial score (nSPS) is 15.8. The highest BCUT2D eigenvalue weighted by Gasteiger charge is 2.34. The molecule has 14 heteroatoms. The third kappa shape index (κ3) is 8.41. The number of benzene rings is 3. The van der Waals surface area contributed by atoms with Crippen LogP contribution in [-0.4, -0.2) is 74.8 Å². The Bertz CT molecular complexity index is 1490. The van der Waals surface area contributed by atoms with Crippen molar-refractivity contribution in [2.75, 3.05) is 63.9 Å². The van der Waals surface area contributed by atoms with E-state index in [1.807, 2.05) is 29.2 Å². The summed E-state index contributed by atoms with van der Waals surface area (Å²) in [5, 5.41) is 0. The van der Waals surface area contributed by atoms with E-state index in [0.717, 1.165) is 47.6 Å². The van der Waals surface area contributed by atoms with E-state index >= 15 is 0 Å². The Balaban J connectivity index is 1.04. The zero-order valence-corrected chi connectivity index (χ0v) is 24.8. The molecule has 0 unspecified atom stereocenters. The van der Waals surface area contributed by atoms with E-state index in [1.165, 1.54) is 23.9 Å². The number of ether oxygens (including phenoxy) is 2. The van der Waals surface area contributed by atoms with E-state index in [9.17, 15) is 35.5 Å². The van der Waals surface area contributed by atoms with Crippen molar-refractivity contribution in [2.24, 2.45) is 0 Å². The highest BCUT2D eigenvalue weighted by Crippen LogP contribution is 2.49. The van der Waals surface area contributed by atoms with Crippen LogP contribution in [0, 0.1) is 5.82 Å². The molecule has 3 aromatic rings. The van der Waals surface area contributed by atoms with Gasteiger partial charge in [0.2, 0.25) is 0 Å². The second-order valence-electron chi connectivity index (χ2n) is 10.6. The summed E-state index contributed by atoms with van der Waals surface area (Å²) >= 11 is 1.46. The van der Waals surface area contributed by atoms with Crippen molar-refractivity contribution < 1.29 is 45.0 Å². The van der Waals surface area contributed by atoms with Crippen LogP contribution >= 0.6 is 11.8 Å². The van der Waals surface area contributed by atoms with Gasteiger partial charge >= 0.3 is 18.3 Å². The molecule has 0 saturated carbocycles. The van der Waals surface area contributed by atoms with Crippen LogP contribution in [0.1, 0.15) is 17.5 Å². The highest BCUT2D eigenvalue weighted by atomic mass is 32.2. The van der Waals surface area contributed by atoms with Crippen molar-refractivity contribution in [3.8, 4) is 5.75 Å². The van der Waals surface area contributed by atoms with Crippen molar-refractivity contribution in [3.63, 3.8) is 0 Å². The summed E-state index contributed by atoms with van der Waals surface area (Å²) in [6, 6.07) is 13.3. The molecule has 5 rings (SSSR count). The van der Waals surface area contributed by atoms with Crippen LogP contribution in [0.4, 0.5) is 42.1 Å². The summed E-state index contributed by atoms with van der Waals surface area (Å²) in [4.78, 5) is 20.1. The molecule has 2 aliphatic rings. The second kappa shape index (κ2) is 13.9. The third-order valence-electron chi connectivity index (χ3n) is 7.55. The van der Waals surface area contributed by atoms with Crippen molar-refractivity contribution in [3.05, 3.63) is 77.6 Å². The quantitative estimate of drug-likeness (QED) is 0.170. The van der Waals surface area contributed by atoms with Crippen LogP contribution in [0.5, 0.6) is 5.75 Å². The molecule has 6 nitrogen and oxygen atoms in total. The minimum Gasteiger partial charge on any atom is -0.479 e. The van der Waals surface area contributed by atoms with Gasteiger partial charge in [-0.2, -0.15) is 26.3 Å². The van der Waals surface area contributed by atoms with Gasteiger partial charge in [-0.25, -0.2) is 9.18 Å². The molecule has 0 amide bonds. The number of hydrogen-bond donors (Lipinski definition) is 0. The number of carbonyl (C=O) groups is 1. The van der Waals surface area contributed by atoms with E-state index < -0.39 is 47.6 Å². The van der Waals surface area contributed by atoms with Crippen molar-refractivity contribution in [2.45, 2.75) is 28.6 Å². The minimum absolute atomic E-state index is 0.0406. The monoisotopic (exact) mass is 657 g/mol. The first-order valence-electron chi connectivity index (χ1n) is 14.2. The number of nitrogens with zero attached hydrogens (tertiary/aromatic N) is 3. The first-order chi connectivity index (χ1) is 21.4. The minimum atomic E-state index is -4.68. The number of para-hydroxylation sites is 1. The molecular weight excluding hydrogens is 627 g/mol. The number of rotatable bonds is 10. The number of alkyl halides is 6. The number of anilines is 2. The topological polar surface area (TPSA) is 45.3 Å². The zero-order valence-electron chi connectivity index (χ0n) is 24.0. The highest BCUT2D eigenvalue weighted by molar-refractivity contribution is 7.99. The molecule has 45 heavy (non-hydrogen) atoms. The zero-order chi connectivity index (χ0) is 32.2. The summed E-state index contributed by atoms with van der Waals surface area (Å²) < 4.78 is 103. The van der Waals surface area contributed by atoms with Gasteiger partial charge in [-0.05, 0) is 61.5 Å². The molecule has 0 aliphatic carbocycles. The number of piperazine rings is 1. The van der Waals surface area contributed by atoms with Crippen LogP contribution in [0.2, 0.25) is 0 Å². The Kier molecular flexibility index (Phi) is 10.1. The molecule has 0 radical (unpaired) electrons. The summed E-state index contributed by atoms with van der Waals surface area (Å²) in [6.07, 6.45) is -8.37. The molecule has 2 heterocycles. The van der Waals surface area contributed by atoms with Gasteiger partial charge in [-0.3, -0.25) is 4.90 Å². The van der Waals surface area contributed by atoms with Gasteiger partial charge in [-0.1, -0.05) is 23.9 Å². The molecule has 2 aliphatic heterocycles. The van der Waals surface area contributed by atoms with Crippen LogP contribution in [0.3, 0.4) is 0 Å². The average Bonchev–Trinajstić information content (AvgIpc) is 2.99. The van der Waals surface area contributed by atoms with Gasteiger partial charge in [0.05, 0.1) is 22.5 Å². The van der Waals surface area contributed by atoms with E-state index in [4.69, 9.17) is 9.47 Å². The Hall–Kier alpha value is -3.49. The molecule has 3 aromatic carbocycles. The van der Waals surface area contributed by atoms with Gasteiger partial charge in [-0.15, -0.1) is 0 Å². The summed E-state index contributed by atoms with van der Waals surface area (Å²) in [6.45, 7) is 4.00. The maximum absolute atomic E-state index is 13.8. The lowest BCUT2D eigenvalue weighted by atomic mass is 10.1. The molecule has 1 fully saturated rings. The molecule has 0 aromatic heterocycles. The predicted molar refractivity (Wildman–Crippen MR) is 154 cm³/mol. The Morgan fingerprint density at radius 1 is 0.756 bits per heavy atom. The Labute approximate surface area is 259 Å². The van der Waals surface area contributed by atoms with Gasteiger partial charge < -0.3 is 19.3 Å². The largest absolute Gasteiger partial charge is 0.479 e. The lowest BCUT2D eigenvalue weighted by Gasteiger charge is -2.36. The van der Waals surface area contributed by atoms with Crippen molar-refractivity contribution in [1.29, 1.82) is 0 Å². The number of carbonyl (C=O) groups excluding carboxylic acids is 1. The van der Waals surface area contributed by atoms with E-state index in [-0.39, 0.29) is 6.61 Å². The SMILES string of the molecule is O=C(COc1cc(C(F)(F)F)ccc1F)OCCN1CCN(CCCN2c3ccccc3Sc3ccc(C(F)(F)F)cc32)CC1. The lowest BCUT2D eigenvalue weighted by Crippen LogP contribution is -2.47.